The summed E-state index contributed by atoms with van der Waals surface area (Å²) in [5.41, 5.74) is 2.00. The summed E-state index contributed by atoms with van der Waals surface area (Å²) in [6.07, 6.45) is 0.685. The van der Waals surface area contributed by atoms with E-state index in [9.17, 15) is 13.2 Å². The summed E-state index contributed by atoms with van der Waals surface area (Å²) in [7, 11) is -0.877. The number of hydrogen-bond donors (Lipinski definition) is 1. The minimum atomic E-state index is -3.95. The second-order valence-corrected chi connectivity index (χ2v) is 8.74. The molecule has 3 aromatic carbocycles. The molecule has 0 bridgehead atoms. The van der Waals surface area contributed by atoms with Crippen LogP contribution in [0.1, 0.15) is 22.8 Å². The second-order valence-electron chi connectivity index (χ2n) is 7.09. The van der Waals surface area contributed by atoms with Crippen LogP contribution in [0, 0.1) is 0 Å². The third kappa shape index (κ3) is 3.82. The number of nitrogens with zero attached hydrogens (tertiary/aromatic N) is 1. The summed E-state index contributed by atoms with van der Waals surface area (Å²) in [6, 6.07) is 16.9. The van der Waals surface area contributed by atoms with Crippen molar-refractivity contribution in [1.29, 1.82) is 0 Å². The Morgan fingerprint density at radius 2 is 1.81 bits per heavy atom. The number of anilines is 2. The first kappa shape index (κ1) is 20.7. The van der Waals surface area contributed by atoms with Crippen LogP contribution in [0.15, 0.2) is 65.6 Å². The van der Waals surface area contributed by atoms with Crippen molar-refractivity contribution in [2.45, 2.75) is 18.2 Å². The van der Waals surface area contributed by atoms with E-state index in [1.54, 1.807) is 43.4 Å². The molecule has 7 nitrogen and oxygen atoms in total. The van der Waals surface area contributed by atoms with E-state index in [0.29, 0.717) is 23.6 Å². The molecule has 0 radical (unpaired) electrons. The Morgan fingerprint density at radius 1 is 1.03 bits per heavy atom. The van der Waals surface area contributed by atoms with Crippen molar-refractivity contribution < 1.29 is 22.7 Å². The van der Waals surface area contributed by atoms with Crippen LogP contribution in [0.25, 0.3) is 0 Å². The van der Waals surface area contributed by atoms with Crippen LogP contribution in [0.5, 0.6) is 17.2 Å². The number of para-hydroxylation sites is 2. The lowest BCUT2D eigenvalue weighted by Gasteiger charge is -2.16. The van der Waals surface area contributed by atoms with Gasteiger partial charge in [-0.05, 0) is 54.4 Å². The van der Waals surface area contributed by atoms with Gasteiger partial charge in [-0.25, -0.2) is 8.42 Å². The van der Waals surface area contributed by atoms with Gasteiger partial charge in [0.25, 0.3) is 15.9 Å². The number of amides is 1. The van der Waals surface area contributed by atoms with Crippen molar-refractivity contribution in [2.75, 3.05) is 23.8 Å². The van der Waals surface area contributed by atoms with Gasteiger partial charge in [0.2, 0.25) is 0 Å². The van der Waals surface area contributed by atoms with Gasteiger partial charge < -0.3 is 14.4 Å². The van der Waals surface area contributed by atoms with E-state index in [1.165, 1.54) is 18.1 Å². The molecule has 0 aliphatic carbocycles. The first-order valence-corrected chi connectivity index (χ1v) is 11.2. The first-order chi connectivity index (χ1) is 14.8. The van der Waals surface area contributed by atoms with Crippen LogP contribution < -0.4 is 19.1 Å². The highest BCUT2D eigenvalue weighted by molar-refractivity contribution is 7.92. The maximum absolute atomic E-state index is 13.1. The predicted octanol–water partition coefficient (Wildman–Crippen LogP) is 4.44. The molecule has 1 aliphatic rings. The number of carbonyl (C=O) groups excluding carboxylic acids is 1. The first-order valence-electron chi connectivity index (χ1n) is 9.72. The van der Waals surface area contributed by atoms with Gasteiger partial charge in [-0.2, -0.15) is 0 Å². The predicted molar refractivity (Wildman–Crippen MR) is 119 cm³/mol. The Balaban J connectivity index is 1.72. The summed E-state index contributed by atoms with van der Waals surface area (Å²) in [4.78, 5) is 14.5. The van der Waals surface area contributed by atoms with Crippen LogP contribution in [-0.2, 0) is 16.4 Å². The van der Waals surface area contributed by atoms with Gasteiger partial charge in [0, 0.05) is 12.7 Å². The zero-order valence-corrected chi connectivity index (χ0v) is 18.2. The molecule has 1 heterocycles. The molecular weight excluding hydrogens is 416 g/mol. The quantitative estimate of drug-likeness (QED) is 0.637. The highest BCUT2D eigenvalue weighted by atomic mass is 32.2. The molecule has 1 N–H and O–H groups in total. The van der Waals surface area contributed by atoms with Crippen molar-refractivity contribution in [3.8, 4) is 17.2 Å². The van der Waals surface area contributed by atoms with E-state index in [2.05, 4.69) is 4.72 Å². The number of sulfonamides is 1. The van der Waals surface area contributed by atoms with E-state index < -0.39 is 10.0 Å². The van der Waals surface area contributed by atoms with Gasteiger partial charge in [-0.3, -0.25) is 9.52 Å². The highest BCUT2D eigenvalue weighted by Crippen LogP contribution is 2.39. The lowest BCUT2D eigenvalue weighted by molar-refractivity contribution is 0.0993. The Hall–Kier alpha value is -3.52. The molecule has 0 aromatic heterocycles. The fraction of sp³-hybridized carbons (Fsp3) is 0.174. The fourth-order valence-corrected chi connectivity index (χ4v) is 4.71. The Bertz CT molecular complexity index is 1270. The lowest BCUT2D eigenvalue weighted by atomic mass is 10.1. The van der Waals surface area contributed by atoms with Crippen molar-refractivity contribution in [3.05, 3.63) is 71.8 Å². The third-order valence-electron chi connectivity index (χ3n) is 5.14. The number of aryl methyl sites for hydroxylation is 1. The number of ether oxygens (including phenoxy) is 2. The summed E-state index contributed by atoms with van der Waals surface area (Å²) in [5.74, 6) is 0.850. The highest BCUT2D eigenvalue weighted by Gasteiger charge is 2.27. The molecule has 160 valence electrons. The third-order valence-corrected chi connectivity index (χ3v) is 6.54. The van der Waals surface area contributed by atoms with Gasteiger partial charge in [0.1, 0.15) is 16.4 Å². The van der Waals surface area contributed by atoms with Crippen molar-refractivity contribution >= 4 is 27.3 Å². The fourth-order valence-electron chi connectivity index (χ4n) is 3.44. The molecule has 0 unspecified atom stereocenters. The number of carbonyl (C=O) groups is 1. The lowest BCUT2D eigenvalue weighted by Crippen LogP contribution is -2.25. The SMILES string of the molecule is CCc1ccc(OC)c(S(=O)(=O)Nc2ccc3c(c2)C(=O)N(C)c2ccccc2O3)c1. The van der Waals surface area contributed by atoms with Gasteiger partial charge in [0.15, 0.2) is 5.75 Å². The van der Waals surface area contributed by atoms with Crippen molar-refractivity contribution in [3.63, 3.8) is 0 Å². The second kappa shape index (κ2) is 7.96. The molecule has 0 atom stereocenters. The van der Waals surface area contributed by atoms with Crippen LogP contribution in [0.3, 0.4) is 0 Å². The monoisotopic (exact) mass is 438 g/mol. The Morgan fingerprint density at radius 3 is 2.55 bits per heavy atom. The molecule has 4 rings (SSSR count). The van der Waals surface area contributed by atoms with E-state index in [-0.39, 0.29) is 27.8 Å². The van der Waals surface area contributed by atoms with E-state index >= 15 is 0 Å². The zero-order valence-electron chi connectivity index (χ0n) is 17.4. The average Bonchev–Trinajstić information content (AvgIpc) is 2.88. The zero-order chi connectivity index (χ0) is 22.2. The van der Waals surface area contributed by atoms with Gasteiger partial charge in [-0.15, -0.1) is 0 Å². The maximum Gasteiger partial charge on any atom is 0.265 e. The van der Waals surface area contributed by atoms with Gasteiger partial charge >= 0.3 is 0 Å². The summed E-state index contributed by atoms with van der Waals surface area (Å²) in [6.45, 7) is 1.94. The minimum Gasteiger partial charge on any atom is -0.495 e. The molecule has 0 saturated heterocycles. The molecule has 0 saturated carbocycles. The van der Waals surface area contributed by atoms with Crippen LogP contribution in [0.4, 0.5) is 11.4 Å². The molecule has 31 heavy (non-hydrogen) atoms. The number of methoxy groups -OCH3 is 1. The summed E-state index contributed by atoms with van der Waals surface area (Å²) < 4.78 is 39.9. The van der Waals surface area contributed by atoms with E-state index in [4.69, 9.17) is 9.47 Å². The van der Waals surface area contributed by atoms with E-state index in [0.717, 1.165) is 5.56 Å². The van der Waals surface area contributed by atoms with Crippen LogP contribution >= 0.6 is 0 Å². The molecule has 8 heteroatoms. The van der Waals surface area contributed by atoms with Crippen LogP contribution in [-0.4, -0.2) is 28.5 Å². The molecule has 1 amide bonds. The number of fused-ring (bicyclic) bond motifs is 2. The minimum absolute atomic E-state index is 0.0383. The van der Waals surface area contributed by atoms with E-state index in [1.807, 2.05) is 25.1 Å². The number of hydrogen-bond acceptors (Lipinski definition) is 5. The topological polar surface area (TPSA) is 84.9 Å². The normalized spacial score (nSPS) is 13.0. The van der Waals surface area contributed by atoms with Crippen LogP contribution in [0.2, 0.25) is 0 Å². The molecule has 1 aliphatic heterocycles. The van der Waals surface area contributed by atoms with Crippen molar-refractivity contribution in [1.82, 2.24) is 0 Å². The standard InChI is InChI=1S/C23H22N2O5S/c1-4-15-9-11-21(29-3)22(13-15)31(27,28)24-16-10-12-19-17(14-16)23(26)25(2)18-7-5-6-8-20(18)30-19/h5-14,24H,4H2,1-3H3. The molecule has 0 fully saturated rings. The molecule has 3 aromatic rings. The molecule has 0 spiro atoms. The largest absolute Gasteiger partial charge is 0.495 e. The average molecular weight is 439 g/mol. The number of nitrogens with one attached hydrogen (secondary N) is 1. The summed E-state index contributed by atoms with van der Waals surface area (Å²) >= 11 is 0. The van der Waals surface area contributed by atoms with Gasteiger partial charge in [0.05, 0.1) is 18.4 Å². The van der Waals surface area contributed by atoms with Crippen molar-refractivity contribution in [2.24, 2.45) is 0 Å². The Kier molecular flexibility index (Phi) is 5.32. The molecular formula is C23H22N2O5S. The maximum atomic E-state index is 13.1. The smallest absolute Gasteiger partial charge is 0.265 e. The van der Waals surface area contributed by atoms with Gasteiger partial charge in [-0.1, -0.05) is 25.1 Å². The Labute approximate surface area is 181 Å². The number of rotatable bonds is 5. The number of benzene rings is 3. The summed E-state index contributed by atoms with van der Waals surface area (Å²) in [5, 5.41) is 0.